The van der Waals surface area contributed by atoms with E-state index in [2.05, 4.69) is 5.32 Å². The molecule has 8 heteroatoms. The lowest BCUT2D eigenvalue weighted by Gasteiger charge is -2.44. The smallest absolute Gasteiger partial charge is 0.242 e. The summed E-state index contributed by atoms with van der Waals surface area (Å²) in [6.45, 7) is 2.09. The largest absolute Gasteiger partial charge is 0.486 e. The number of hydrogen-bond acceptors (Lipinski definition) is 5. The molecule has 0 unspecified atom stereocenters. The molecule has 2 heterocycles. The monoisotopic (exact) mass is 552 g/mol. The number of halogens is 2. The average Bonchev–Trinajstić information content (AvgIpc) is 2.93. The van der Waals surface area contributed by atoms with Gasteiger partial charge >= 0.3 is 0 Å². The fourth-order valence-electron chi connectivity index (χ4n) is 5.06. The van der Waals surface area contributed by atoms with Gasteiger partial charge in [0.15, 0.2) is 5.78 Å². The molecule has 0 radical (unpaired) electrons. The molecule has 0 aromatic heterocycles. The number of ketones is 1. The number of para-hydroxylation sites is 1. The first-order valence-corrected chi connectivity index (χ1v) is 13.6. The van der Waals surface area contributed by atoms with E-state index in [-0.39, 0.29) is 18.3 Å². The predicted octanol–water partition coefficient (Wildman–Crippen LogP) is 5.70. The first-order chi connectivity index (χ1) is 18.4. The second-order valence-corrected chi connectivity index (χ2v) is 10.7. The zero-order valence-electron chi connectivity index (χ0n) is 21.0. The second kappa shape index (κ2) is 11.9. The number of nitrogens with one attached hydrogen (secondary N) is 1. The minimum Gasteiger partial charge on any atom is -0.486 e. The molecule has 0 bridgehead atoms. The Balaban J connectivity index is 1.22. The maximum Gasteiger partial charge on any atom is 0.242 e. The zero-order chi connectivity index (χ0) is 26.5. The van der Waals surface area contributed by atoms with E-state index in [0.717, 1.165) is 11.1 Å². The summed E-state index contributed by atoms with van der Waals surface area (Å²) in [6, 6.07) is 22.2. The number of carbonyl (C=O) groups is 2. The number of carbonyl (C=O) groups excluding carboxylic acids is 2. The third kappa shape index (κ3) is 6.21. The molecule has 0 aliphatic carbocycles. The van der Waals surface area contributed by atoms with Crippen LogP contribution in [0.15, 0.2) is 72.8 Å². The fraction of sp³-hybridized carbons (Fsp3) is 0.333. The third-order valence-corrected chi connectivity index (χ3v) is 7.95. The van der Waals surface area contributed by atoms with Gasteiger partial charge in [-0.15, -0.1) is 0 Å². The molecule has 198 valence electrons. The van der Waals surface area contributed by atoms with Crippen LogP contribution >= 0.6 is 23.2 Å². The predicted molar refractivity (Wildman–Crippen MR) is 148 cm³/mol. The Bertz CT molecular complexity index is 1290. The van der Waals surface area contributed by atoms with Crippen LogP contribution in [0, 0.1) is 0 Å². The minimum atomic E-state index is -0.556. The van der Waals surface area contributed by atoms with Gasteiger partial charge in [-0.25, -0.2) is 0 Å². The van der Waals surface area contributed by atoms with E-state index in [9.17, 15) is 9.59 Å². The molecule has 6 nitrogen and oxygen atoms in total. The topological polar surface area (TPSA) is 67.9 Å². The Morgan fingerprint density at radius 2 is 1.71 bits per heavy atom. The zero-order valence-corrected chi connectivity index (χ0v) is 22.5. The Morgan fingerprint density at radius 1 is 0.974 bits per heavy atom. The standard InChI is InChI=1S/C30H30Cl2N2O4/c31-24-11-10-22(16-25(24)32)19-37-20-26(33-18-21-6-2-1-3-7-21)29(36)34-14-12-30(13-15-34)17-27(35)23-8-4-5-9-28(23)38-30/h1-11,16,26,33H,12-15,17-20H2/t26-/m0/s1. The number of benzene rings is 3. The highest BCUT2D eigenvalue weighted by Gasteiger charge is 2.44. The van der Waals surface area contributed by atoms with Crippen molar-refractivity contribution in [2.24, 2.45) is 0 Å². The van der Waals surface area contributed by atoms with E-state index in [1.54, 1.807) is 12.1 Å². The van der Waals surface area contributed by atoms with Gasteiger partial charge in [0.2, 0.25) is 5.91 Å². The highest BCUT2D eigenvalue weighted by Crippen LogP contribution is 2.39. The number of ether oxygens (including phenoxy) is 2. The molecular formula is C30H30Cl2N2O4. The molecule has 1 fully saturated rings. The minimum absolute atomic E-state index is 0.0209. The molecule has 3 aromatic carbocycles. The Labute approximate surface area is 232 Å². The van der Waals surface area contributed by atoms with E-state index in [1.807, 2.05) is 65.6 Å². The third-order valence-electron chi connectivity index (χ3n) is 7.21. The summed E-state index contributed by atoms with van der Waals surface area (Å²) >= 11 is 12.2. The van der Waals surface area contributed by atoms with Crippen molar-refractivity contribution in [1.82, 2.24) is 10.2 Å². The van der Waals surface area contributed by atoms with Gasteiger partial charge in [0.25, 0.3) is 0 Å². The van der Waals surface area contributed by atoms with E-state index in [0.29, 0.717) is 66.9 Å². The molecule has 1 spiro atoms. The van der Waals surface area contributed by atoms with Crippen LogP contribution in [0.25, 0.3) is 0 Å². The number of hydrogen-bond donors (Lipinski definition) is 1. The summed E-state index contributed by atoms with van der Waals surface area (Å²) in [5, 5.41) is 4.34. The summed E-state index contributed by atoms with van der Waals surface area (Å²) in [6.07, 6.45) is 1.55. The molecule has 0 saturated carbocycles. The van der Waals surface area contributed by atoms with Crippen molar-refractivity contribution in [2.45, 2.75) is 44.1 Å². The van der Waals surface area contributed by atoms with Crippen LogP contribution in [0.1, 0.15) is 40.7 Å². The van der Waals surface area contributed by atoms with Crippen molar-refractivity contribution in [3.8, 4) is 5.75 Å². The van der Waals surface area contributed by atoms with Gasteiger partial charge < -0.3 is 14.4 Å². The van der Waals surface area contributed by atoms with Crippen LogP contribution < -0.4 is 10.1 Å². The van der Waals surface area contributed by atoms with Gasteiger partial charge in [0.1, 0.15) is 17.4 Å². The van der Waals surface area contributed by atoms with Crippen LogP contribution in [0.5, 0.6) is 5.75 Å². The maximum absolute atomic E-state index is 13.6. The molecular weight excluding hydrogens is 523 g/mol. The molecule has 1 N–H and O–H groups in total. The number of likely N-dealkylation sites (tertiary alicyclic amines) is 1. The lowest BCUT2D eigenvalue weighted by molar-refractivity contribution is -0.138. The first kappa shape index (κ1) is 26.7. The van der Waals surface area contributed by atoms with Crippen molar-refractivity contribution < 1.29 is 19.1 Å². The molecule has 5 rings (SSSR count). The summed E-state index contributed by atoms with van der Waals surface area (Å²) < 4.78 is 12.3. The molecule has 3 aromatic rings. The number of piperidine rings is 1. The Kier molecular flexibility index (Phi) is 8.34. The lowest BCUT2D eigenvalue weighted by Crippen LogP contribution is -2.56. The Hall–Kier alpha value is -2.90. The quantitative estimate of drug-likeness (QED) is 0.388. The maximum atomic E-state index is 13.6. The summed E-state index contributed by atoms with van der Waals surface area (Å²) in [4.78, 5) is 28.3. The second-order valence-electron chi connectivity index (χ2n) is 9.89. The van der Waals surface area contributed by atoms with Gasteiger partial charge in [-0.05, 0) is 35.4 Å². The van der Waals surface area contributed by atoms with Crippen molar-refractivity contribution >= 4 is 34.9 Å². The molecule has 1 amide bonds. The van der Waals surface area contributed by atoms with E-state index >= 15 is 0 Å². The molecule has 2 aliphatic rings. The van der Waals surface area contributed by atoms with Crippen LogP contribution in [-0.2, 0) is 22.7 Å². The molecule has 38 heavy (non-hydrogen) atoms. The molecule has 1 atom stereocenters. The van der Waals surface area contributed by atoms with Gasteiger partial charge in [-0.3, -0.25) is 14.9 Å². The summed E-state index contributed by atoms with van der Waals surface area (Å²) in [5.41, 5.74) is 2.05. The van der Waals surface area contributed by atoms with E-state index in [1.165, 1.54) is 0 Å². The summed E-state index contributed by atoms with van der Waals surface area (Å²) in [5.74, 6) is 0.721. The van der Waals surface area contributed by atoms with Gasteiger partial charge in [0, 0.05) is 32.5 Å². The van der Waals surface area contributed by atoms with Crippen molar-refractivity contribution in [1.29, 1.82) is 0 Å². The molecule has 1 saturated heterocycles. The first-order valence-electron chi connectivity index (χ1n) is 12.8. The highest BCUT2D eigenvalue weighted by atomic mass is 35.5. The lowest BCUT2D eigenvalue weighted by atomic mass is 9.82. The van der Waals surface area contributed by atoms with E-state index in [4.69, 9.17) is 32.7 Å². The van der Waals surface area contributed by atoms with Crippen molar-refractivity contribution in [3.63, 3.8) is 0 Å². The molecule has 2 aliphatic heterocycles. The number of amides is 1. The Morgan fingerprint density at radius 3 is 2.47 bits per heavy atom. The normalized spacial score (nSPS) is 17.1. The van der Waals surface area contributed by atoms with Gasteiger partial charge in [-0.2, -0.15) is 0 Å². The van der Waals surface area contributed by atoms with Crippen molar-refractivity contribution in [3.05, 3.63) is 99.5 Å². The van der Waals surface area contributed by atoms with Crippen LogP contribution in [0.2, 0.25) is 10.0 Å². The fourth-order valence-corrected chi connectivity index (χ4v) is 5.38. The number of Topliss-reactive ketones (excluding diaryl/α,β-unsaturated/α-hetero) is 1. The number of fused-ring (bicyclic) bond motifs is 1. The number of nitrogens with zero attached hydrogens (tertiary/aromatic N) is 1. The number of rotatable bonds is 8. The van der Waals surface area contributed by atoms with Crippen molar-refractivity contribution in [2.75, 3.05) is 19.7 Å². The van der Waals surface area contributed by atoms with Gasteiger partial charge in [-0.1, -0.05) is 71.7 Å². The van der Waals surface area contributed by atoms with Crippen LogP contribution in [0.4, 0.5) is 0 Å². The van der Waals surface area contributed by atoms with Gasteiger partial charge in [0.05, 0.1) is 35.2 Å². The van der Waals surface area contributed by atoms with E-state index < -0.39 is 11.6 Å². The van der Waals surface area contributed by atoms with Crippen LogP contribution in [-0.4, -0.2) is 47.9 Å². The summed E-state index contributed by atoms with van der Waals surface area (Å²) in [7, 11) is 0. The van der Waals surface area contributed by atoms with Crippen LogP contribution in [0.3, 0.4) is 0 Å². The SMILES string of the molecule is O=C1CC2(CCN(C(=O)[C@H](COCc3ccc(Cl)c(Cl)c3)NCc3ccccc3)CC2)Oc2ccccc21. The highest BCUT2D eigenvalue weighted by molar-refractivity contribution is 6.42. The average molecular weight is 553 g/mol.